The second-order valence-corrected chi connectivity index (χ2v) is 7.15. The number of hydrogen-bond donors (Lipinski definition) is 0. The third-order valence-electron chi connectivity index (χ3n) is 4.31. The van der Waals surface area contributed by atoms with Gasteiger partial charge in [0, 0.05) is 0 Å². The van der Waals surface area contributed by atoms with E-state index in [9.17, 15) is 4.79 Å². The monoisotopic (exact) mass is 514 g/mol. The van der Waals surface area contributed by atoms with Crippen molar-refractivity contribution in [1.82, 2.24) is 0 Å². The standard InChI is InChI=1S/C26H42O10/c1-2-8-28-9-10-29-11-12-30-13-14-31-15-16-32-17-18-33-19-20-34-21-22-35-23-24-36-26(27)25-6-4-3-5-7-25/h2-7H,1,8-24H2. The molecule has 0 aliphatic rings. The molecule has 1 rings (SSSR count). The molecule has 0 aliphatic heterocycles. The van der Waals surface area contributed by atoms with Gasteiger partial charge in [-0.05, 0) is 12.1 Å². The molecule has 10 nitrogen and oxygen atoms in total. The fraction of sp³-hybridized carbons (Fsp3) is 0.654. The SMILES string of the molecule is C=CCOCCOCCOCCOCCOCCOCCOCCOCCOC(=O)c1ccccc1. The Morgan fingerprint density at radius 2 is 0.861 bits per heavy atom. The van der Waals surface area contributed by atoms with Gasteiger partial charge >= 0.3 is 5.97 Å². The van der Waals surface area contributed by atoms with E-state index in [-0.39, 0.29) is 12.6 Å². The van der Waals surface area contributed by atoms with Crippen LogP contribution in [0.3, 0.4) is 0 Å². The van der Waals surface area contributed by atoms with Crippen LogP contribution in [0.25, 0.3) is 0 Å². The van der Waals surface area contributed by atoms with Crippen molar-refractivity contribution >= 4 is 5.97 Å². The molecule has 1 aromatic carbocycles. The van der Waals surface area contributed by atoms with Crippen LogP contribution in [-0.2, 0) is 42.6 Å². The molecule has 0 aliphatic carbocycles. The van der Waals surface area contributed by atoms with Crippen LogP contribution in [0.4, 0.5) is 0 Å². The van der Waals surface area contributed by atoms with E-state index in [2.05, 4.69) is 6.58 Å². The van der Waals surface area contributed by atoms with Gasteiger partial charge in [0.15, 0.2) is 0 Å². The van der Waals surface area contributed by atoms with Crippen LogP contribution in [0, 0.1) is 0 Å². The van der Waals surface area contributed by atoms with Gasteiger partial charge in [-0.1, -0.05) is 24.3 Å². The van der Waals surface area contributed by atoms with Gasteiger partial charge in [-0.2, -0.15) is 0 Å². The van der Waals surface area contributed by atoms with E-state index in [1.807, 2.05) is 6.07 Å². The van der Waals surface area contributed by atoms with E-state index in [0.717, 1.165) is 0 Å². The molecule has 0 heterocycles. The molecule has 0 amide bonds. The lowest BCUT2D eigenvalue weighted by atomic mass is 10.2. The van der Waals surface area contributed by atoms with Crippen LogP contribution in [0.2, 0.25) is 0 Å². The van der Waals surface area contributed by atoms with Crippen LogP contribution in [0.15, 0.2) is 43.0 Å². The van der Waals surface area contributed by atoms with Crippen LogP contribution in [0.5, 0.6) is 0 Å². The molecule has 0 spiro atoms. The van der Waals surface area contributed by atoms with E-state index >= 15 is 0 Å². The number of rotatable bonds is 27. The van der Waals surface area contributed by atoms with Crippen LogP contribution in [-0.4, -0.2) is 118 Å². The summed E-state index contributed by atoms with van der Waals surface area (Å²) < 4.78 is 48.2. The average molecular weight is 515 g/mol. The Labute approximate surface area is 214 Å². The van der Waals surface area contributed by atoms with Gasteiger partial charge in [0.2, 0.25) is 0 Å². The van der Waals surface area contributed by atoms with Gasteiger partial charge in [-0.3, -0.25) is 0 Å². The molecule has 206 valence electrons. The van der Waals surface area contributed by atoms with E-state index in [1.165, 1.54) is 0 Å². The van der Waals surface area contributed by atoms with Crippen LogP contribution in [0.1, 0.15) is 10.4 Å². The van der Waals surface area contributed by atoms with E-state index in [1.54, 1.807) is 30.3 Å². The fourth-order valence-corrected chi connectivity index (χ4v) is 2.56. The van der Waals surface area contributed by atoms with Gasteiger partial charge in [-0.15, -0.1) is 6.58 Å². The zero-order valence-electron chi connectivity index (χ0n) is 21.3. The highest BCUT2D eigenvalue weighted by atomic mass is 16.6. The predicted octanol–water partition coefficient (Wildman–Crippen LogP) is 2.16. The summed E-state index contributed by atoms with van der Waals surface area (Å²) in [7, 11) is 0. The summed E-state index contributed by atoms with van der Waals surface area (Å²) in [4.78, 5) is 11.7. The van der Waals surface area contributed by atoms with Crippen LogP contribution >= 0.6 is 0 Å². The van der Waals surface area contributed by atoms with Gasteiger partial charge in [0.25, 0.3) is 0 Å². The maximum absolute atomic E-state index is 11.7. The molecule has 0 radical (unpaired) electrons. The Balaban J connectivity index is 1.67. The molecule has 10 heteroatoms. The molecule has 0 bridgehead atoms. The summed E-state index contributed by atoms with van der Waals surface area (Å²) in [5.74, 6) is -0.353. The minimum atomic E-state index is -0.353. The van der Waals surface area contributed by atoms with Crippen molar-refractivity contribution in [3.05, 3.63) is 48.6 Å². The highest BCUT2D eigenvalue weighted by Crippen LogP contribution is 2.00. The first-order valence-electron chi connectivity index (χ1n) is 12.3. The smallest absolute Gasteiger partial charge is 0.338 e. The molecule has 0 atom stereocenters. The molecule has 0 aromatic heterocycles. The summed E-state index contributed by atoms with van der Waals surface area (Å²) in [6, 6.07) is 8.85. The number of esters is 1. The first-order valence-corrected chi connectivity index (χ1v) is 12.3. The number of ether oxygens (including phenoxy) is 9. The quantitative estimate of drug-likeness (QED) is 0.0986. The second-order valence-electron chi connectivity index (χ2n) is 7.15. The summed E-state index contributed by atoms with van der Waals surface area (Å²) >= 11 is 0. The van der Waals surface area contributed by atoms with Gasteiger partial charge < -0.3 is 42.6 Å². The predicted molar refractivity (Wildman–Crippen MR) is 133 cm³/mol. The third kappa shape index (κ3) is 21.4. The van der Waals surface area contributed by atoms with Crippen molar-refractivity contribution in [2.75, 3.05) is 112 Å². The number of hydrogen-bond acceptors (Lipinski definition) is 10. The molecular formula is C26H42O10. The van der Waals surface area contributed by atoms with Gasteiger partial charge in [0.1, 0.15) is 6.61 Å². The van der Waals surface area contributed by atoms with Crippen molar-refractivity contribution in [2.45, 2.75) is 0 Å². The lowest BCUT2D eigenvalue weighted by Gasteiger charge is -2.09. The number of carbonyl (C=O) groups is 1. The maximum atomic E-state index is 11.7. The Morgan fingerprint density at radius 1 is 0.528 bits per heavy atom. The molecule has 0 saturated carbocycles. The van der Waals surface area contributed by atoms with Gasteiger partial charge in [0.05, 0.1) is 111 Å². The van der Waals surface area contributed by atoms with E-state index in [0.29, 0.717) is 111 Å². The fourth-order valence-electron chi connectivity index (χ4n) is 2.56. The van der Waals surface area contributed by atoms with Crippen LogP contribution < -0.4 is 0 Å². The van der Waals surface area contributed by atoms with Crippen molar-refractivity contribution < 1.29 is 47.4 Å². The van der Waals surface area contributed by atoms with Gasteiger partial charge in [-0.25, -0.2) is 4.79 Å². The maximum Gasteiger partial charge on any atom is 0.338 e. The summed E-state index contributed by atoms with van der Waals surface area (Å²) in [6.07, 6.45) is 1.71. The summed E-state index contributed by atoms with van der Waals surface area (Å²) in [5.41, 5.74) is 0.528. The zero-order chi connectivity index (χ0) is 25.8. The first-order chi connectivity index (χ1) is 17.8. The molecular weight excluding hydrogens is 472 g/mol. The van der Waals surface area contributed by atoms with Crippen molar-refractivity contribution in [3.63, 3.8) is 0 Å². The molecule has 0 fully saturated rings. The molecule has 0 N–H and O–H groups in total. The largest absolute Gasteiger partial charge is 0.460 e. The van der Waals surface area contributed by atoms with Crippen molar-refractivity contribution in [1.29, 1.82) is 0 Å². The molecule has 36 heavy (non-hydrogen) atoms. The molecule has 0 unspecified atom stereocenters. The highest BCUT2D eigenvalue weighted by Gasteiger charge is 2.05. The number of carbonyl (C=O) groups excluding carboxylic acids is 1. The first kappa shape index (κ1) is 32.1. The Bertz CT molecular complexity index is 614. The minimum absolute atomic E-state index is 0.207. The lowest BCUT2D eigenvalue weighted by Crippen LogP contribution is -2.15. The molecule has 0 saturated heterocycles. The molecule has 1 aromatic rings. The minimum Gasteiger partial charge on any atom is -0.460 e. The van der Waals surface area contributed by atoms with E-state index < -0.39 is 0 Å². The summed E-state index contributed by atoms with van der Waals surface area (Å²) in [6.45, 7) is 11.7. The second kappa shape index (κ2) is 26.2. The Hall–Kier alpha value is -1.89. The lowest BCUT2D eigenvalue weighted by molar-refractivity contribution is -0.0239. The highest BCUT2D eigenvalue weighted by molar-refractivity contribution is 5.89. The topological polar surface area (TPSA) is 100 Å². The average Bonchev–Trinajstić information content (AvgIpc) is 2.91. The third-order valence-corrected chi connectivity index (χ3v) is 4.31. The van der Waals surface area contributed by atoms with Crippen molar-refractivity contribution in [3.8, 4) is 0 Å². The number of benzene rings is 1. The normalized spacial score (nSPS) is 11.0. The van der Waals surface area contributed by atoms with E-state index in [4.69, 9.17) is 42.6 Å². The summed E-state index contributed by atoms with van der Waals surface area (Å²) in [5, 5.41) is 0. The Kier molecular flexibility index (Phi) is 23.4. The van der Waals surface area contributed by atoms with Crippen molar-refractivity contribution in [2.24, 2.45) is 0 Å². The zero-order valence-corrected chi connectivity index (χ0v) is 21.3. The Morgan fingerprint density at radius 3 is 1.22 bits per heavy atom.